The normalized spacial score (nSPS) is 11.0. The minimum Gasteiger partial charge on any atom is -0.497 e. The number of carbonyl (C=O) groups excluding carboxylic acids is 1. The number of esters is 1. The van der Waals surface area contributed by atoms with Gasteiger partial charge in [-0.15, -0.1) is 0 Å². The predicted molar refractivity (Wildman–Crippen MR) is 72.0 cm³/mol. The van der Waals surface area contributed by atoms with Crippen molar-refractivity contribution < 1.29 is 14.3 Å². The fraction of sp³-hybridized carbons (Fsp3) is 0.357. The number of anilines is 1. The van der Waals surface area contributed by atoms with Crippen molar-refractivity contribution in [2.45, 2.75) is 13.8 Å². The molecule has 1 aromatic carbocycles. The van der Waals surface area contributed by atoms with Crippen LogP contribution >= 0.6 is 0 Å². The van der Waals surface area contributed by atoms with Crippen molar-refractivity contribution in [1.29, 1.82) is 0 Å². The van der Waals surface area contributed by atoms with Crippen molar-refractivity contribution in [1.82, 2.24) is 0 Å². The zero-order chi connectivity index (χ0) is 13.5. The Morgan fingerprint density at radius 2 is 2.11 bits per heavy atom. The molecular weight excluding hydrogens is 230 g/mol. The van der Waals surface area contributed by atoms with Gasteiger partial charge >= 0.3 is 5.97 Å². The third-order valence-electron chi connectivity index (χ3n) is 2.64. The van der Waals surface area contributed by atoms with Crippen LogP contribution in [0.3, 0.4) is 0 Å². The number of nitrogens with one attached hydrogen (secondary N) is 1. The lowest BCUT2D eigenvalue weighted by Crippen LogP contribution is -2.06. The number of methoxy groups -OCH3 is 2. The quantitative estimate of drug-likeness (QED) is 0.643. The molecule has 4 nitrogen and oxygen atoms in total. The average molecular weight is 249 g/mol. The summed E-state index contributed by atoms with van der Waals surface area (Å²) in [6, 6.07) is 5.81. The average Bonchev–Trinajstić information content (AvgIpc) is 2.39. The van der Waals surface area contributed by atoms with Crippen molar-refractivity contribution in [2.75, 3.05) is 26.1 Å². The van der Waals surface area contributed by atoms with Crippen LogP contribution in [0.4, 0.5) is 5.69 Å². The molecule has 18 heavy (non-hydrogen) atoms. The van der Waals surface area contributed by atoms with E-state index in [4.69, 9.17) is 4.74 Å². The maximum Gasteiger partial charge on any atom is 0.333 e. The number of ether oxygens (including phenoxy) is 2. The van der Waals surface area contributed by atoms with E-state index in [0.717, 1.165) is 17.0 Å². The maximum atomic E-state index is 11.2. The molecule has 0 fully saturated rings. The number of carbonyl (C=O) groups is 1. The lowest BCUT2D eigenvalue weighted by atomic mass is 10.2. The van der Waals surface area contributed by atoms with Crippen molar-refractivity contribution in [3.05, 3.63) is 35.4 Å². The fourth-order valence-electron chi connectivity index (χ4n) is 1.52. The summed E-state index contributed by atoms with van der Waals surface area (Å²) in [5.74, 6) is 0.530. The molecule has 4 heteroatoms. The molecule has 0 atom stereocenters. The molecular formula is C14H19NO3. The van der Waals surface area contributed by atoms with E-state index >= 15 is 0 Å². The minimum atomic E-state index is -0.303. The summed E-state index contributed by atoms with van der Waals surface area (Å²) < 4.78 is 9.76. The Morgan fingerprint density at radius 1 is 1.39 bits per heavy atom. The van der Waals surface area contributed by atoms with Crippen LogP contribution in [0.25, 0.3) is 0 Å². The number of rotatable bonds is 5. The smallest absolute Gasteiger partial charge is 0.333 e. The molecule has 0 bridgehead atoms. The molecule has 0 aliphatic heterocycles. The van der Waals surface area contributed by atoms with Gasteiger partial charge in [0.2, 0.25) is 0 Å². The van der Waals surface area contributed by atoms with Gasteiger partial charge in [0.1, 0.15) is 5.75 Å². The molecule has 1 N–H and O–H groups in total. The molecule has 1 rings (SSSR count). The summed E-state index contributed by atoms with van der Waals surface area (Å²) in [7, 11) is 3.02. The van der Waals surface area contributed by atoms with E-state index in [9.17, 15) is 4.79 Å². The third-order valence-corrected chi connectivity index (χ3v) is 2.64. The second-order valence-corrected chi connectivity index (χ2v) is 3.94. The first-order chi connectivity index (χ1) is 8.58. The zero-order valence-corrected chi connectivity index (χ0v) is 11.2. The van der Waals surface area contributed by atoms with Crippen LogP contribution in [0.5, 0.6) is 5.75 Å². The first-order valence-electron chi connectivity index (χ1n) is 5.72. The van der Waals surface area contributed by atoms with Crippen LogP contribution in [0.2, 0.25) is 0 Å². The molecule has 0 saturated heterocycles. The highest BCUT2D eigenvalue weighted by molar-refractivity contribution is 5.87. The number of benzene rings is 1. The summed E-state index contributed by atoms with van der Waals surface area (Å²) in [4.78, 5) is 11.2. The van der Waals surface area contributed by atoms with Crippen LogP contribution in [-0.4, -0.2) is 26.7 Å². The second kappa shape index (κ2) is 6.69. The van der Waals surface area contributed by atoms with Gasteiger partial charge in [0.05, 0.1) is 14.2 Å². The van der Waals surface area contributed by atoms with E-state index in [1.54, 1.807) is 20.1 Å². The van der Waals surface area contributed by atoms with E-state index in [-0.39, 0.29) is 5.97 Å². The summed E-state index contributed by atoms with van der Waals surface area (Å²) in [6.45, 7) is 4.31. The largest absolute Gasteiger partial charge is 0.497 e. The van der Waals surface area contributed by atoms with E-state index in [0.29, 0.717) is 12.1 Å². The summed E-state index contributed by atoms with van der Waals surface area (Å²) in [5.41, 5.74) is 2.71. The topological polar surface area (TPSA) is 47.6 Å². The summed E-state index contributed by atoms with van der Waals surface area (Å²) in [6.07, 6.45) is 1.80. The lowest BCUT2D eigenvalue weighted by Gasteiger charge is -2.09. The van der Waals surface area contributed by atoms with E-state index in [1.165, 1.54) is 7.11 Å². The Balaban J connectivity index is 2.62. The molecule has 0 radical (unpaired) electrons. The highest BCUT2D eigenvalue weighted by Crippen LogP contribution is 2.20. The lowest BCUT2D eigenvalue weighted by molar-refractivity contribution is -0.136. The van der Waals surface area contributed by atoms with E-state index in [1.807, 2.05) is 25.1 Å². The molecule has 0 spiro atoms. The van der Waals surface area contributed by atoms with Crippen LogP contribution < -0.4 is 10.1 Å². The summed E-state index contributed by atoms with van der Waals surface area (Å²) in [5, 5.41) is 3.23. The Labute approximate surface area is 108 Å². The Hall–Kier alpha value is -1.97. The third kappa shape index (κ3) is 3.80. The molecule has 0 aliphatic carbocycles. The number of hydrogen-bond donors (Lipinski definition) is 1. The van der Waals surface area contributed by atoms with Crippen LogP contribution in [0.1, 0.15) is 12.5 Å². The van der Waals surface area contributed by atoms with Crippen molar-refractivity contribution in [3.63, 3.8) is 0 Å². The van der Waals surface area contributed by atoms with E-state index in [2.05, 4.69) is 10.1 Å². The molecule has 1 aromatic rings. The van der Waals surface area contributed by atoms with Gasteiger partial charge in [-0.1, -0.05) is 6.08 Å². The van der Waals surface area contributed by atoms with Gasteiger partial charge in [0.15, 0.2) is 0 Å². The van der Waals surface area contributed by atoms with Crippen LogP contribution in [-0.2, 0) is 9.53 Å². The van der Waals surface area contributed by atoms with Crippen LogP contribution in [0, 0.1) is 6.92 Å². The summed E-state index contributed by atoms with van der Waals surface area (Å²) >= 11 is 0. The standard InChI is InChI=1S/C14H19NO3/c1-10(14(16)18-4)7-8-15-13-6-5-12(17-3)9-11(13)2/h5-7,9,15H,8H2,1-4H3/b10-7+. The number of aryl methyl sites for hydroxylation is 1. The van der Waals surface area contributed by atoms with Gasteiger partial charge in [0.25, 0.3) is 0 Å². The Morgan fingerprint density at radius 3 is 2.67 bits per heavy atom. The molecule has 0 heterocycles. The van der Waals surface area contributed by atoms with Gasteiger partial charge in [0, 0.05) is 17.8 Å². The van der Waals surface area contributed by atoms with Crippen molar-refractivity contribution in [3.8, 4) is 5.75 Å². The zero-order valence-electron chi connectivity index (χ0n) is 11.2. The monoisotopic (exact) mass is 249 g/mol. The minimum absolute atomic E-state index is 0.303. The van der Waals surface area contributed by atoms with E-state index < -0.39 is 0 Å². The molecule has 0 unspecified atom stereocenters. The highest BCUT2D eigenvalue weighted by Gasteiger charge is 2.02. The van der Waals surface area contributed by atoms with Gasteiger partial charge in [-0.25, -0.2) is 4.79 Å². The Kier molecular flexibility index (Phi) is 5.24. The molecule has 0 aromatic heterocycles. The molecule has 0 amide bonds. The van der Waals surface area contributed by atoms with Gasteiger partial charge < -0.3 is 14.8 Å². The Bertz CT molecular complexity index is 452. The number of hydrogen-bond acceptors (Lipinski definition) is 4. The van der Waals surface area contributed by atoms with Gasteiger partial charge in [-0.2, -0.15) is 0 Å². The molecule has 98 valence electrons. The first kappa shape index (κ1) is 14.1. The SMILES string of the molecule is COC(=O)/C(C)=C/CNc1ccc(OC)cc1C. The maximum absolute atomic E-state index is 11.2. The van der Waals surface area contributed by atoms with Crippen molar-refractivity contribution in [2.24, 2.45) is 0 Å². The van der Waals surface area contributed by atoms with Gasteiger partial charge in [-0.05, 0) is 37.6 Å². The van der Waals surface area contributed by atoms with Crippen molar-refractivity contribution >= 4 is 11.7 Å². The molecule has 0 aliphatic rings. The first-order valence-corrected chi connectivity index (χ1v) is 5.72. The second-order valence-electron chi connectivity index (χ2n) is 3.94. The predicted octanol–water partition coefficient (Wildman–Crippen LogP) is 2.53. The van der Waals surface area contributed by atoms with Crippen LogP contribution in [0.15, 0.2) is 29.8 Å². The van der Waals surface area contributed by atoms with Gasteiger partial charge in [-0.3, -0.25) is 0 Å². The fourth-order valence-corrected chi connectivity index (χ4v) is 1.52. The highest BCUT2D eigenvalue weighted by atomic mass is 16.5. The molecule has 0 saturated carbocycles.